The second-order valence-corrected chi connectivity index (χ2v) is 7.78. The average Bonchev–Trinajstić information content (AvgIpc) is 3.16. The summed E-state index contributed by atoms with van der Waals surface area (Å²) in [7, 11) is 0. The smallest absolute Gasteiger partial charge is 0.295 e. The van der Waals surface area contributed by atoms with Gasteiger partial charge in [0.05, 0.1) is 5.69 Å². The fourth-order valence-electron chi connectivity index (χ4n) is 2.85. The maximum absolute atomic E-state index is 12.8. The maximum atomic E-state index is 12.8. The van der Waals surface area contributed by atoms with Crippen LogP contribution in [0.4, 0.5) is 5.69 Å². The summed E-state index contributed by atoms with van der Waals surface area (Å²) in [6.07, 6.45) is 0. The van der Waals surface area contributed by atoms with Gasteiger partial charge in [-0.25, -0.2) is 9.67 Å². The van der Waals surface area contributed by atoms with Crippen molar-refractivity contribution in [2.75, 3.05) is 5.32 Å². The number of aromatic nitrogens is 3. The highest BCUT2D eigenvalue weighted by atomic mass is 79.9. The van der Waals surface area contributed by atoms with E-state index in [9.17, 15) is 4.79 Å². The lowest BCUT2D eigenvalue weighted by Gasteiger charge is -2.06. The van der Waals surface area contributed by atoms with Crippen molar-refractivity contribution >= 4 is 39.1 Å². The third kappa shape index (κ3) is 4.23. The lowest BCUT2D eigenvalue weighted by molar-refractivity contribution is 0.101. The number of hydrogen-bond donors (Lipinski definition) is 1. The van der Waals surface area contributed by atoms with Gasteiger partial charge in [-0.05, 0) is 55.0 Å². The molecular weight excluding hydrogens is 452 g/mol. The molecule has 29 heavy (non-hydrogen) atoms. The highest BCUT2D eigenvalue weighted by molar-refractivity contribution is 9.10. The van der Waals surface area contributed by atoms with E-state index in [4.69, 9.17) is 11.6 Å². The molecule has 3 aromatic carbocycles. The van der Waals surface area contributed by atoms with Gasteiger partial charge >= 0.3 is 0 Å². The minimum Gasteiger partial charge on any atom is -0.319 e. The van der Waals surface area contributed by atoms with Crippen molar-refractivity contribution in [3.05, 3.63) is 93.7 Å². The highest BCUT2D eigenvalue weighted by Crippen LogP contribution is 2.24. The van der Waals surface area contributed by atoms with Crippen LogP contribution < -0.4 is 5.32 Å². The van der Waals surface area contributed by atoms with Crippen molar-refractivity contribution in [1.29, 1.82) is 0 Å². The summed E-state index contributed by atoms with van der Waals surface area (Å²) in [5.41, 5.74) is 3.29. The van der Waals surface area contributed by atoms with Gasteiger partial charge in [-0.1, -0.05) is 57.9 Å². The molecule has 1 amide bonds. The molecule has 0 bridgehead atoms. The van der Waals surface area contributed by atoms with Crippen LogP contribution >= 0.6 is 27.5 Å². The molecule has 1 aromatic heterocycles. The minimum absolute atomic E-state index is 0.0844. The second kappa shape index (κ2) is 8.19. The summed E-state index contributed by atoms with van der Waals surface area (Å²) < 4.78 is 2.60. The zero-order chi connectivity index (χ0) is 20.4. The molecule has 0 radical (unpaired) electrons. The molecule has 4 rings (SSSR count). The van der Waals surface area contributed by atoms with Gasteiger partial charge in [-0.15, -0.1) is 5.10 Å². The molecule has 0 aliphatic rings. The van der Waals surface area contributed by atoms with Crippen molar-refractivity contribution in [3.63, 3.8) is 0 Å². The summed E-state index contributed by atoms with van der Waals surface area (Å²) in [5.74, 6) is 0.279. The fourth-order valence-corrected chi connectivity index (χ4v) is 3.24. The molecule has 0 unspecified atom stereocenters. The molecular formula is C22H16BrClN4O. The first kappa shape index (κ1) is 19.4. The van der Waals surface area contributed by atoms with Crippen molar-refractivity contribution in [2.45, 2.75) is 6.92 Å². The zero-order valence-corrected chi connectivity index (χ0v) is 17.8. The number of halogens is 2. The fraction of sp³-hybridized carbons (Fsp3) is 0.0455. The first-order chi connectivity index (χ1) is 14.0. The SMILES string of the molecule is Cc1ccccc1NC(=O)c1nc(-c2ccc(Br)cc2)n(-c2ccc(Cl)cc2)n1. The lowest BCUT2D eigenvalue weighted by Crippen LogP contribution is -2.15. The topological polar surface area (TPSA) is 59.8 Å². The standard InChI is InChI=1S/C22H16BrClN4O/c1-14-4-2-3-5-19(14)25-22(29)20-26-21(15-6-8-16(23)9-7-15)28(27-20)18-12-10-17(24)11-13-18/h2-13H,1H3,(H,25,29). The Bertz CT molecular complexity index is 1110. The van der Waals surface area contributed by atoms with Crippen LogP contribution in [0.1, 0.15) is 16.2 Å². The van der Waals surface area contributed by atoms with E-state index in [1.165, 1.54) is 0 Å². The number of amides is 1. The van der Waals surface area contributed by atoms with E-state index in [1.807, 2.05) is 67.6 Å². The molecule has 0 aliphatic heterocycles. The van der Waals surface area contributed by atoms with E-state index in [-0.39, 0.29) is 11.7 Å². The molecule has 0 atom stereocenters. The Morgan fingerprint density at radius 3 is 2.38 bits per heavy atom. The minimum atomic E-state index is -0.370. The summed E-state index contributed by atoms with van der Waals surface area (Å²) in [5, 5.41) is 7.98. The van der Waals surface area contributed by atoms with E-state index < -0.39 is 0 Å². The Morgan fingerprint density at radius 1 is 1.00 bits per heavy atom. The molecule has 4 aromatic rings. The largest absolute Gasteiger partial charge is 0.319 e. The van der Waals surface area contributed by atoms with Gasteiger partial charge in [-0.3, -0.25) is 4.79 Å². The highest BCUT2D eigenvalue weighted by Gasteiger charge is 2.19. The van der Waals surface area contributed by atoms with Crippen molar-refractivity contribution in [1.82, 2.24) is 14.8 Å². The van der Waals surface area contributed by atoms with Crippen molar-refractivity contribution in [3.8, 4) is 17.1 Å². The molecule has 1 N–H and O–H groups in total. The van der Waals surface area contributed by atoms with Crippen LogP contribution in [-0.4, -0.2) is 20.7 Å². The molecule has 0 fully saturated rings. The molecule has 5 nitrogen and oxygen atoms in total. The molecule has 1 heterocycles. The first-order valence-electron chi connectivity index (χ1n) is 8.87. The Morgan fingerprint density at radius 2 is 1.69 bits per heavy atom. The Kier molecular flexibility index (Phi) is 5.47. The van der Waals surface area contributed by atoms with E-state index in [2.05, 4.69) is 31.3 Å². The Hall–Kier alpha value is -2.96. The lowest BCUT2D eigenvalue weighted by atomic mass is 10.2. The molecule has 0 saturated heterocycles. The number of hydrogen-bond acceptors (Lipinski definition) is 3. The predicted molar refractivity (Wildman–Crippen MR) is 119 cm³/mol. The van der Waals surface area contributed by atoms with Gasteiger partial charge in [0, 0.05) is 20.7 Å². The summed E-state index contributed by atoms with van der Waals surface area (Å²) in [4.78, 5) is 17.4. The van der Waals surface area contributed by atoms with E-state index in [1.54, 1.807) is 16.8 Å². The Labute approximate surface area is 181 Å². The van der Waals surface area contributed by atoms with Gasteiger partial charge in [0.1, 0.15) is 0 Å². The van der Waals surface area contributed by atoms with Crippen molar-refractivity contribution < 1.29 is 4.79 Å². The number of nitrogens with zero attached hydrogens (tertiary/aromatic N) is 3. The molecule has 0 aliphatic carbocycles. The number of para-hydroxylation sites is 1. The van der Waals surface area contributed by atoms with Gasteiger partial charge < -0.3 is 5.32 Å². The number of benzene rings is 3. The third-order valence-electron chi connectivity index (χ3n) is 4.38. The van der Waals surface area contributed by atoms with Gasteiger partial charge in [0.2, 0.25) is 5.82 Å². The van der Waals surface area contributed by atoms with Gasteiger partial charge in [-0.2, -0.15) is 0 Å². The number of anilines is 1. The first-order valence-corrected chi connectivity index (χ1v) is 10.0. The number of carbonyl (C=O) groups excluding carboxylic acids is 1. The van der Waals surface area contributed by atoms with Gasteiger partial charge in [0.15, 0.2) is 5.82 Å². The van der Waals surface area contributed by atoms with Crippen LogP contribution in [-0.2, 0) is 0 Å². The number of rotatable bonds is 4. The predicted octanol–water partition coefficient (Wildman–Crippen LogP) is 5.91. The summed E-state index contributed by atoms with van der Waals surface area (Å²) in [6, 6.07) is 22.5. The summed E-state index contributed by atoms with van der Waals surface area (Å²) >= 11 is 9.46. The number of nitrogens with one attached hydrogen (secondary N) is 1. The normalized spacial score (nSPS) is 10.7. The van der Waals surface area contributed by atoms with Crippen LogP contribution in [0.2, 0.25) is 5.02 Å². The molecule has 144 valence electrons. The quantitative estimate of drug-likeness (QED) is 0.406. The van der Waals surface area contributed by atoms with E-state index >= 15 is 0 Å². The van der Waals surface area contributed by atoms with Crippen LogP contribution in [0.5, 0.6) is 0 Å². The average molecular weight is 468 g/mol. The number of carbonyl (C=O) groups is 1. The molecule has 0 spiro atoms. The van der Waals surface area contributed by atoms with Crippen LogP contribution in [0, 0.1) is 6.92 Å². The Balaban J connectivity index is 1.76. The second-order valence-electron chi connectivity index (χ2n) is 6.42. The molecule has 7 heteroatoms. The van der Waals surface area contributed by atoms with Crippen LogP contribution in [0.15, 0.2) is 77.3 Å². The monoisotopic (exact) mass is 466 g/mol. The maximum Gasteiger partial charge on any atom is 0.295 e. The van der Waals surface area contributed by atoms with Crippen LogP contribution in [0.3, 0.4) is 0 Å². The number of aryl methyl sites for hydroxylation is 1. The van der Waals surface area contributed by atoms with Crippen LogP contribution in [0.25, 0.3) is 17.1 Å². The van der Waals surface area contributed by atoms with Crippen molar-refractivity contribution in [2.24, 2.45) is 0 Å². The van der Waals surface area contributed by atoms with E-state index in [0.717, 1.165) is 27.0 Å². The molecule has 0 saturated carbocycles. The third-order valence-corrected chi connectivity index (χ3v) is 5.16. The zero-order valence-electron chi connectivity index (χ0n) is 15.4. The summed E-state index contributed by atoms with van der Waals surface area (Å²) in [6.45, 7) is 1.93. The van der Waals surface area contributed by atoms with E-state index in [0.29, 0.717) is 10.8 Å². The van der Waals surface area contributed by atoms with Gasteiger partial charge in [0.25, 0.3) is 5.91 Å².